The van der Waals surface area contributed by atoms with Crippen LogP contribution in [0.15, 0.2) is 24.3 Å². The average molecular weight is 318 g/mol. The quantitative estimate of drug-likeness (QED) is 0.857. The van der Waals surface area contributed by atoms with Crippen molar-refractivity contribution in [3.05, 3.63) is 35.4 Å². The number of piperidine rings is 1. The Labute approximate surface area is 135 Å². The van der Waals surface area contributed by atoms with Crippen molar-refractivity contribution in [1.82, 2.24) is 10.2 Å². The lowest BCUT2D eigenvalue weighted by Gasteiger charge is -2.31. The lowest BCUT2D eigenvalue weighted by molar-refractivity contribution is -0.130. The Morgan fingerprint density at radius 2 is 1.96 bits per heavy atom. The molecule has 6 heteroatoms. The molecule has 0 unspecified atom stereocenters. The molecule has 0 aliphatic carbocycles. The van der Waals surface area contributed by atoms with Crippen LogP contribution in [0.3, 0.4) is 0 Å². The first-order valence-corrected chi connectivity index (χ1v) is 7.80. The van der Waals surface area contributed by atoms with E-state index in [1.165, 1.54) is 12.1 Å². The molecule has 124 valence electrons. The van der Waals surface area contributed by atoms with Gasteiger partial charge in [-0.1, -0.05) is 12.1 Å². The molecule has 0 atom stereocenters. The van der Waals surface area contributed by atoms with E-state index in [4.69, 9.17) is 5.11 Å². The Kier molecular flexibility index (Phi) is 5.73. The third-order valence-corrected chi connectivity index (χ3v) is 4.19. The highest BCUT2D eigenvalue weighted by Gasteiger charge is 2.21. The van der Waals surface area contributed by atoms with Crippen LogP contribution in [-0.2, 0) is 16.0 Å². The summed E-state index contributed by atoms with van der Waals surface area (Å²) in [6, 6.07) is 6.42. The summed E-state index contributed by atoms with van der Waals surface area (Å²) in [5.41, 5.74) is 0.876. The van der Waals surface area contributed by atoms with Crippen LogP contribution in [0.2, 0.25) is 0 Å². The van der Waals surface area contributed by atoms with Crippen molar-refractivity contribution >= 4 is 17.8 Å². The molecule has 1 aromatic rings. The van der Waals surface area contributed by atoms with Crippen LogP contribution in [0.1, 0.15) is 35.7 Å². The van der Waals surface area contributed by atoms with Gasteiger partial charge in [0.2, 0.25) is 11.8 Å². The van der Waals surface area contributed by atoms with Crippen LogP contribution >= 0.6 is 0 Å². The summed E-state index contributed by atoms with van der Waals surface area (Å²) in [6.45, 7) is 3.67. The highest BCUT2D eigenvalue weighted by atomic mass is 16.4. The fourth-order valence-corrected chi connectivity index (χ4v) is 2.77. The Morgan fingerprint density at radius 1 is 1.26 bits per heavy atom. The minimum absolute atomic E-state index is 0.103. The Bertz CT molecular complexity index is 592. The number of benzene rings is 1. The summed E-state index contributed by atoms with van der Waals surface area (Å²) in [4.78, 5) is 36.0. The minimum atomic E-state index is -0.996. The van der Waals surface area contributed by atoms with Crippen molar-refractivity contribution in [1.29, 1.82) is 0 Å². The highest BCUT2D eigenvalue weighted by molar-refractivity contribution is 5.88. The highest BCUT2D eigenvalue weighted by Crippen LogP contribution is 2.16. The minimum Gasteiger partial charge on any atom is -0.478 e. The molecule has 2 amide bonds. The zero-order chi connectivity index (χ0) is 16.8. The predicted octanol–water partition coefficient (Wildman–Crippen LogP) is 1.30. The summed E-state index contributed by atoms with van der Waals surface area (Å²) in [5.74, 6) is -0.614. The molecule has 0 bridgehead atoms. The molecule has 0 saturated carbocycles. The molecule has 2 N–H and O–H groups in total. The van der Waals surface area contributed by atoms with Crippen molar-refractivity contribution in [2.75, 3.05) is 19.6 Å². The maximum Gasteiger partial charge on any atom is 0.335 e. The van der Waals surface area contributed by atoms with Gasteiger partial charge in [0.25, 0.3) is 0 Å². The number of hydrogen-bond acceptors (Lipinski definition) is 3. The van der Waals surface area contributed by atoms with E-state index in [1.54, 1.807) is 19.1 Å². The number of carbonyl (C=O) groups is 3. The smallest absolute Gasteiger partial charge is 0.335 e. The van der Waals surface area contributed by atoms with Crippen molar-refractivity contribution in [2.45, 2.75) is 26.2 Å². The van der Waals surface area contributed by atoms with Crippen molar-refractivity contribution in [3.8, 4) is 0 Å². The molecule has 0 aromatic heterocycles. The zero-order valence-electron chi connectivity index (χ0n) is 13.2. The third kappa shape index (κ3) is 5.09. The van der Waals surface area contributed by atoms with Gasteiger partial charge in [-0.05, 0) is 36.5 Å². The van der Waals surface area contributed by atoms with Gasteiger partial charge in [-0.25, -0.2) is 4.79 Å². The van der Waals surface area contributed by atoms with E-state index in [0.29, 0.717) is 18.0 Å². The molecule has 2 rings (SSSR count). The Hall–Kier alpha value is -2.37. The second-order valence-electron chi connectivity index (χ2n) is 5.94. The molecule has 1 aliphatic heterocycles. The van der Waals surface area contributed by atoms with Crippen LogP contribution in [-0.4, -0.2) is 47.4 Å². The van der Waals surface area contributed by atoms with Crippen LogP contribution < -0.4 is 5.32 Å². The normalized spacial score (nSPS) is 15.3. The number of carboxylic acids is 1. The molecule has 1 aromatic carbocycles. The average Bonchev–Trinajstić information content (AvgIpc) is 2.53. The van der Waals surface area contributed by atoms with Gasteiger partial charge in [0.05, 0.1) is 12.0 Å². The standard InChI is InChI=1S/C17H22N2O4/c1-12(20)19-7-5-13(6-8-19)11-18-16(21)10-14-3-2-4-15(9-14)17(22)23/h2-4,9,13H,5-8,10-11H2,1H3,(H,18,21)(H,22,23). The van der Waals surface area contributed by atoms with E-state index in [2.05, 4.69) is 5.32 Å². The largest absolute Gasteiger partial charge is 0.478 e. The summed E-state index contributed by atoms with van der Waals surface area (Å²) in [6.07, 6.45) is 1.97. The van der Waals surface area contributed by atoms with Gasteiger partial charge in [-0.15, -0.1) is 0 Å². The number of likely N-dealkylation sites (tertiary alicyclic amines) is 1. The maximum absolute atomic E-state index is 12.0. The van der Waals surface area contributed by atoms with E-state index in [9.17, 15) is 14.4 Å². The van der Waals surface area contributed by atoms with E-state index >= 15 is 0 Å². The summed E-state index contributed by atoms with van der Waals surface area (Å²) in [5, 5.41) is 11.9. The van der Waals surface area contributed by atoms with E-state index in [-0.39, 0.29) is 23.8 Å². The molecule has 23 heavy (non-hydrogen) atoms. The van der Waals surface area contributed by atoms with Gasteiger partial charge in [0, 0.05) is 26.6 Å². The number of rotatable bonds is 5. The maximum atomic E-state index is 12.0. The van der Waals surface area contributed by atoms with Crippen LogP contribution in [0.25, 0.3) is 0 Å². The van der Waals surface area contributed by atoms with Gasteiger partial charge in [-0.2, -0.15) is 0 Å². The molecule has 6 nitrogen and oxygen atoms in total. The van der Waals surface area contributed by atoms with Gasteiger partial charge in [-0.3, -0.25) is 9.59 Å². The van der Waals surface area contributed by atoms with Gasteiger partial charge in [0.15, 0.2) is 0 Å². The number of carboxylic acid groups (broad SMARTS) is 1. The first-order valence-electron chi connectivity index (χ1n) is 7.80. The lowest BCUT2D eigenvalue weighted by atomic mass is 9.96. The van der Waals surface area contributed by atoms with E-state index in [1.807, 2.05) is 4.90 Å². The van der Waals surface area contributed by atoms with Crippen LogP contribution in [0.5, 0.6) is 0 Å². The first-order chi connectivity index (χ1) is 11.0. The number of aromatic carboxylic acids is 1. The van der Waals surface area contributed by atoms with Crippen LogP contribution in [0.4, 0.5) is 0 Å². The molecule has 0 spiro atoms. The summed E-state index contributed by atoms with van der Waals surface area (Å²) >= 11 is 0. The third-order valence-electron chi connectivity index (χ3n) is 4.19. The number of hydrogen-bond donors (Lipinski definition) is 2. The lowest BCUT2D eigenvalue weighted by Crippen LogP contribution is -2.40. The molecule has 1 fully saturated rings. The molecule has 1 aliphatic rings. The first kappa shape index (κ1) is 17.0. The van der Waals surface area contributed by atoms with Crippen molar-refractivity contribution in [3.63, 3.8) is 0 Å². The zero-order valence-corrected chi connectivity index (χ0v) is 13.2. The van der Waals surface area contributed by atoms with Crippen molar-refractivity contribution in [2.24, 2.45) is 5.92 Å². The number of carbonyl (C=O) groups excluding carboxylic acids is 2. The van der Waals surface area contributed by atoms with E-state index < -0.39 is 5.97 Å². The fraction of sp³-hybridized carbons (Fsp3) is 0.471. The molecule has 0 radical (unpaired) electrons. The second kappa shape index (κ2) is 7.76. The summed E-state index contributed by atoms with van der Waals surface area (Å²) in [7, 11) is 0. The molecular weight excluding hydrogens is 296 g/mol. The molecular formula is C17H22N2O4. The Balaban J connectivity index is 1.76. The van der Waals surface area contributed by atoms with E-state index in [0.717, 1.165) is 25.9 Å². The number of amides is 2. The van der Waals surface area contributed by atoms with Gasteiger partial charge < -0.3 is 15.3 Å². The number of nitrogens with zero attached hydrogens (tertiary/aromatic N) is 1. The molecule has 1 saturated heterocycles. The SMILES string of the molecule is CC(=O)N1CCC(CNC(=O)Cc2cccc(C(=O)O)c2)CC1. The van der Waals surface area contributed by atoms with Gasteiger partial charge >= 0.3 is 5.97 Å². The number of nitrogens with one attached hydrogen (secondary N) is 1. The van der Waals surface area contributed by atoms with Crippen molar-refractivity contribution < 1.29 is 19.5 Å². The second-order valence-corrected chi connectivity index (χ2v) is 5.94. The monoisotopic (exact) mass is 318 g/mol. The Morgan fingerprint density at radius 3 is 2.57 bits per heavy atom. The topological polar surface area (TPSA) is 86.7 Å². The van der Waals surface area contributed by atoms with Crippen LogP contribution in [0, 0.1) is 5.92 Å². The molecule has 1 heterocycles. The van der Waals surface area contributed by atoms with Gasteiger partial charge in [0.1, 0.15) is 0 Å². The summed E-state index contributed by atoms with van der Waals surface area (Å²) < 4.78 is 0. The fourth-order valence-electron chi connectivity index (χ4n) is 2.77. The predicted molar refractivity (Wildman–Crippen MR) is 85.1 cm³/mol.